The Morgan fingerprint density at radius 2 is 1.96 bits per heavy atom. The van der Waals surface area contributed by atoms with Crippen LogP contribution in [-0.2, 0) is 9.53 Å². The van der Waals surface area contributed by atoms with E-state index < -0.39 is 23.6 Å². The Kier molecular flexibility index (Phi) is 5.66. The molecule has 1 unspecified atom stereocenters. The lowest BCUT2D eigenvalue weighted by Gasteiger charge is -2.33. The van der Waals surface area contributed by atoms with E-state index in [4.69, 9.17) is 9.47 Å². The van der Waals surface area contributed by atoms with Crippen molar-refractivity contribution in [2.75, 3.05) is 31.7 Å². The zero-order chi connectivity index (χ0) is 19.4. The SMILES string of the molecule is COc1ccc(N2CC(CNC(=O)c3ccc(F)c(F)c3)OCC2=O)cc1. The molecule has 8 heteroatoms. The molecule has 2 aromatic carbocycles. The van der Waals surface area contributed by atoms with Crippen molar-refractivity contribution in [1.82, 2.24) is 5.32 Å². The number of hydrogen-bond acceptors (Lipinski definition) is 4. The summed E-state index contributed by atoms with van der Waals surface area (Å²) >= 11 is 0. The smallest absolute Gasteiger partial charge is 0.253 e. The number of nitrogens with one attached hydrogen (secondary N) is 1. The van der Waals surface area contributed by atoms with E-state index in [0.29, 0.717) is 11.4 Å². The van der Waals surface area contributed by atoms with Crippen LogP contribution in [0.3, 0.4) is 0 Å². The molecule has 0 saturated carbocycles. The predicted octanol–water partition coefficient (Wildman–Crippen LogP) is 2.14. The molecule has 1 atom stereocenters. The normalized spacial score (nSPS) is 16.9. The zero-order valence-electron chi connectivity index (χ0n) is 14.6. The van der Waals surface area contributed by atoms with E-state index in [1.165, 1.54) is 6.07 Å². The maximum atomic E-state index is 13.2. The molecule has 1 saturated heterocycles. The zero-order valence-corrected chi connectivity index (χ0v) is 14.6. The third kappa shape index (κ3) is 4.40. The number of anilines is 1. The molecule has 1 heterocycles. The van der Waals surface area contributed by atoms with E-state index in [0.717, 1.165) is 12.1 Å². The standard InChI is InChI=1S/C19H18F2N2O4/c1-26-14-5-3-13(4-6-14)23-10-15(27-11-18(23)24)9-22-19(25)12-2-7-16(20)17(21)8-12/h2-8,15H,9-11H2,1H3,(H,22,25). The van der Waals surface area contributed by atoms with E-state index in [1.807, 2.05) is 0 Å². The summed E-state index contributed by atoms with van der Waals surface area (Å²) in [6.45, 7) is 0.263. The first-order valence-electron chi connectivity index (χ1n) is 8.27. The average molecular weight is 376 g/mol. The molecule has 0 bridgehead atoms. The summed E-state index contributed by atoms with van der Waals surface area (Å²) in [4.78, 5) is 25.8. The Labute approximate surface area is 154 Å². The number of morpholine rings is 1. The minimum absolute atomic E-state index is 0.00722. The molecule has 0 aliphatic carbocycles. The molecule has 0 spiro atoms. The van der Waals surface area contributed by atoms with Crippen LogP contribution >= 0.6 is 0 Å². The van der Waals surface area contributed by atoms with Gasteiger partial charge in [-0.1, -0.05) is 0 Å². The molecule has 1 aliphatic heterocycles. The fourth-order valence-corrected chi connectivity index (χ4v) is 2.71. The van der Waals surface area contributed by atoms with Crippen LogP contribution in [0.2, 0.25) is 0 Å². The molecule has 142 valence electrons. The summed E-state index contributed by atoms with van der Waals surface area (Å²) in [5.41, 5.74) is 0.703. The van der Waals surface area contributed by atoms with Gasteiger partial charge in [0.15, 0.2) is 11.6 Å². The number of carbonyl (C=O) groups is 2. The van der Waals surface area contributed by atoms with Crippen LogP contribution in [0.4, 0.5) is 14.5 Å². The molecule has 1 N–H and O–H groups in total. The van der Waals surface area contributed by atoms with Gasteiger partial charge in [-0.2, -0.15) is 0 Å². The Balaban J connectivity index is 1.61. The quantitative estimate of drug-likeness (QED) is 0.868. The van der Waals surface area contributed by atoms with Gasteiger partial charge in [-0.05, 0) is 42.5 Å². The van der Waals surface area contributed by atoms with Gasteiger partial charge in [0.05, 0.1) is 19.8 Å². The van der Waals surface area contributed by atoms with Crippen LogP contribution in [0.1, 0.15) is 10.4 Å². The molecular weight excluding hydrogens is 358 g/mol. The average Bonchev–Trinajstić information content (AvgIpc) is 2.69. The highest BCUT2D eigenvalue weighted by atomic mass is 19.2. The second-order valence-electron chi connectivity index (χ2n) is 5.97. The maximum absolute atomic E-state index is 13.2. The third-order valence-corrected chi connectivity index (χ3v) is 4.19. The molecular formula is C19H18F2N2O4. The van der Waals surface area contributed by atoms with Crippen molar-refractivity contribution in [3.63, 3.8) is 0 Å². The number of benzene rings is 2. The van der Waals surface area contributed by atoms with Crippen molar-refractivity contribution < 1.29 is 27.8 Å². The molecule has 2 aromatic rings. The molecule has 3 rings (SSSR count). The third-order valence-electron chi connectivity index (χ3n) is 4.19. The molecule has 2 amide bonds. The van der Waals surface area contributed by atoms with E-state index >= 15 is 0 Å². The van der Waals surface area contributed by atoms with Gasteiger partial charge in [-0.15, -0.1) is 0 Å². The lowest BCUT2D eigenvalue weighted by molar-refractivity contribution is -0.129. The number of amides is 2. The van der Waals surface area contributed by atoms with Gasteiger partial charge < -0.3 is 19.7 Å². The first kappa shape index (κ1) is 18.8. The van der Waals surface area contributed by atoms with Crippen LogP contribution < -0.4 is 15.0 Å². The van der Waals surface area contributed by atoms with Crippen LogP contribution in [0.25, 0.3) is 0 Å². The van der Waals surface area contributed by atoms with Gasteiger partial charge in [0.1, 0.15) is 12.4 Å². The number of carbonyl (C=O) groups excluding carboxylic acids is 2. The lowest BCUT2D eigenvalue weighted by atomic mass is 10.2. The van der Waals surface area contributed by atoms with Crippen molar-refractivity contribution in [3.05, 3.63) is 59.7 Å². The second-order valence-corrected chi connectivity index (χ2v) is 5.97. The second kappa shape index (κ2) is 8.13. The Morgan fingerprint density at radius 1 is 1.22 bits per heavy atom. The summed E-state index contributed by atoms with van der Waals surface area (Å²) in [5, 5.41) is 2.61. The molecule has 27 heavy (non-hydrogen) atoms. The van der Waals surface area contributed by atoms with Crippen molar-refractivity contribution in [2.45, 2.75) is 6.10 Å². The van der Waals surface area contributed by atoms with Gasteiger partial charge in [0.2, 0.25) is 0 Å². The van der Waals surface area contributed by atoms with Crippen LogP contribution in [0.15, 0.2) is 42.5 Å². The minimum Gasteiger partial charge on any atom is -0.497 e. The van der Waals surface area contributed by atoms with Gasteiger partial charge in [0, 0.05) is 17.8 Å². The summed E-state index contributed by atoms with van der Waals surface area (Å²) in [6, 6.07) is 9.95. The van der Waals surface area contributed by atoms with Gasteiger partial charge in [-0.3, -0.25) is 9.59 Å². The molecule has 0 aromatic heterocycles. The van der Waals surface area contributed by atoms with E-state index in [1.54, 1.807) is 36.3 Å². The lowest BCUT2D eigenvalue weighted by Crippen LogP contribution is -2.50. The Bertz CT molecular complexity index is 842. The highest BCUT2D eigenvalue weighted by Crippen LogP contribution is 2.22. The van der Waals surface area contributed by atoms with Crippen LogP contribution in [0.5, 0.6) is 5.75 Å². The first-order chi connectivity index (χ1) is 13.0. The monoisotopic (exact) mass is 376 g/mol. The van der Waals surface area contributed by atoms with E-state index in [2.05, 4.69) is 5.32 Å². The van der Waals surface area contributed by atoms with Gasteiger partial charge >= 0.3 is 0 Å². The van der Waals surface area contributed by atoms with Crippen molar-refractivity contribution in [2.24, 2.45) is 0 Å². The van der Waals surface area contributed by atoms with E-state index in [-0.39, 0.29) is 31.2 Å². The Morgan fingerprint density at radius 3 is 2.63 bits per heavy atom. The van der Waals surface area contributed by atoms with Crippen LogP contribution in [0, 0.1) is 11.6 Å². The fraction of sp³-hybridized carbons (Fsp3) is 0.263. The summed E-state index contributed by atoms with van der Waals surface area (Å²) in [6.07, 6.45) is -0.431. The van der Waals surface area contributed by atoms with Crippen molar-refractivity contribution in [3.8, 4) is 5.75 Å². The minimum atomic E-state index is -1.09. The first-order valence-corrected chi connectivity index (χ1v) is 8.27. The molecule has 6 nitrogen and oxygen atoms in total. The topological polar surface area (TPSA) is 67.9 Å². The highest BCUT2D eigenvalue weighted by Gasteiger charge is 2.27. The highest BCUT2D eigenvalue weighted by molar-refractivity contribution is 5.95. The van der Waals surface area contributed by atoms with Crippen molar-refractivity contribution >= 4 is 17.5 Å². The fourth-order valence-electron chi connectivity index (χ4n) is 2.71. The molecule has 1 fully saturated rings. The largest absolute Gasteiger partial charge is 0.497 e. The van der Waals surface area contributed by atoms with Gasteiger partial charge in [0.25, 0.3) is 11.8 Å². The summed E-state index contributed by atoms with van der Waals surface area (Å²) in [5.74, 6) is -2.17. The number of hydrogen-bond donors (Lipinski definition) is 1. The van der Waals surface area contributed by atoms with E-state index in [9.17, 15) is 18.4 Å². The molecule has 0 radical (unpaired) electrons. The van der Waals surface area contributed by atoms with Crippen molar-refractivity contribution in [1.29, 1.82) is 0 Å². The Hall–Kier alpha value is -3.00. The maximum Gasteiger partial charge on any atom is 0.253 e. The number of nitrogens with zero attached hydrogens (tertiary/aromatic N) is 1. The van der Waals surface area contributed by atoms with Crippen LogP contribution in [-0.4, -0.2) is 44.7 Å². The number of methoxy groups -OCH3 is 1. The predicted molar refractivity (Wildman–Crippen MR) is 93.8 cm³/mol. The number of rotatable bonds is 5. The number of halogens is 2. The van der Waals surface area contributed by atoms with Gasteiger partial charge in [-0.25, -0.2) is 8.78 Å². The summed E-state index contributed by atoms with van der Waals surface area (Å²) in [7, 11) is 1.56. The number of ether oxygens (including phenoxy) is 2. The molecule has 1 aliphatic rings. The summed E-state index contributed by atoms with van der Waals surface area (Å²) < 4.78 is 36.7.